The predicted molar refractivity (Wildman–Crippen MR) is 201 cm³/mol. The zero-order valence-corrected chi connectivity index (χ0v) is 27.9. The molecular formula is C43H37BN2S. The Labute approximate surface area is 282 Å². The van der Waals surface area contributed by atoms with Crippen molar-refractivity contribution in [3.05, 3.63) is 133 Å². The fourth-order valence-corrected chi connectivity index (χ4v) is 10.8. The van der Waals surface area contributed by atoms with Gasteiger partial charge in [0.25, 0.3) is 0 Å². The first-order valence-electron chi connectivity index (χ1n) is 17.3. The highest BCUT2D eigenvalue weighted by molar-refractivity contribution is 8.00. The highest BCUT2D eigenvalue weighted by Crippen LogP contribution is 2.60. The van der Waals surface area contributed by atoms with Crippen molar-refractivity contribution in [1.82, 2.24) is 0 Å². The summed E-state index contributed by atoms with van der Waals surface area (Å²) >= 11 is 1.97. The lowest BCUT2D eigenvalue weighted by Gasteiger charge is -2.49. The van der Waals surface area contributed by atoms with E-state index in [9.17, 15) is 0 Å². The number of fused-ring (bicyclic) bond motifs is 8. The third-order valence-electron chi connectivity index (χ3n) is 12.1. The van der Waals surface area contributed by atoms with Crippen LogP contribution >= 0.6 is 11.8 Å². The molecule has 0 radical (unpaired) electrons. The largest absolute Gasteiger partial charge is 0.335 e. The van der Waals surface area contributed by atoms with E-state index in [1.807, 2.05) is 11.8 Å². The molecule has 6 aromatic carbocycles. The summed E-state index contributed by atoms with van der Waals surface area (Å²) in [6.45, 7) is 5.39. The van der Waals surface area contributed by atoms with E-state index in [0.29, 0.717) is 0 Å². The van der Waals surface area contributed by atoms with Crippen molar-refractivity contribution in [2.45, 2.75) is 66.7 Å². The summed E-state index contributed by atoms with van der Waals surface area (Å²) in [6, 6.07) is 47.8. The first-order valence-corrected chi connectivity index (χ1v) is 18.1. The van der Waals surface area contributed by atoms with Gasteiger partial charge in [0.1, 0.15) is 0 Å². The fraction of sp³-hybridized carbons (Fsp3) is 0.209. The molecule has 10 rings (SSSR count). The van der Waals surface area contributed by atoms with E-state index in [1.54, 1.807) is 5.56 Å². The highest BCUT2D eigenvalue weighted by atomic mass is 32.2. The van der Waals surface area contributed by atoms with Crippen molar-refractivity contribution in [3.63, 3.8) is 0 Å². The zero-order valence-electron chi connectivity index (χ0n) is 27.0. The quantitative estimate of drug-likeness (QED) is 0.181. The molecule has 0 saturated heterocycles. The molecule has 2 unspecified atom stereocenters. The summed E-state index contributed by atoms with van der Waals surface area (Å²) in [5.74, 6) is 0. The van der Waals surface area contributed by atoms with Gasteiger partial charge in [-0.15, -0.1) is 0 Å². The summed E-state index contributed by atoms with van der Waals surface area (Å²) in [4.78, 5) is 7.97. The van der Waals surface area contributed by atoms with E-state index in [-0.39, 0.29) is 17.7 Å². The molecule has 2 nitrogen and oxygen atoms in total. The molecule has 4 heteroatoms. The third-order valence-corrected chi connectivity index (χ3v) is 13.2. The van der Waals surface area contributed by atoms with Crippen molar-refractivity contribution in [2.24, 2.45) is 0 Å². The molecular weight excluding hydrogens is 587 g/mol. The Hall–Kier alpha value is -4.41. The minimum absolute atomic E-state index is 0.0795. The van der Waals surface area contributed by atoms with Crippen LogP contribution in [0.15, 0.2) is 137 Å². The Kier molecular flexibility index (Phi) is 5.92. The molecule has 228 valence electrons. The van der Waals surface area contributed by atoms with E-state index in [1.165, 1.54) is 86.1 Å². The maximum absolute atomic E-state index is 2.82. The Bertz CT molecular complexity index is 2180. The minimum atomic E-state index is 0.0795. The Morgan fingerprint density at radius 2 is 1.36 bits per heavy atom. The lowest BCUT2D eigenvalue weighted by Crippen LogP contribution is -2.63. The molecule has 3 heterocycles. The smallest absolute Gasteiger partial charge is 0.249 e. The molecule has 0 aromatic heterocycles. The van der Waals surface area contributed by atoms with Crippen LogP contribution < -0.4 is 26.2 Å². The number of nitrogens with zero attached hydrogens (tertiary/aromatic N) is 2. The maximum Gasteiger partial charge on any atom is 0.249 e. The Balaban J connectivity index is 1.16. The average Bonchev–Trinajstić information content (AvgIpc) is 3.18. The van der Waals surface area contributed by atoms with Crippen molar-refractivity contribution >= 4 is 74.1 Å². The zero-order chi connectivity index (χ0) is 31.3. The second-order valence-corrected chi connectivity index (χ2v) is 15.5. The third kappa shape index (κ3) is 3.77. The maximum atomic E-state index is 2.82. The lowest BCUT2D eigenvalue weighted by molar-refractivity contribution is 0.261. The van der Waals surface area contributed by atoms with Gasteiger partial charge < -0.3 is 9.80 Å². The summed E-state index contributed by atoms with van der Waals surface area (Å²) in [5.41, 5.74) is 12.7. The van der Waals surface area contributed by atoms with E-state index in [2.05, 4.69) is 151 Å². The van der Waals surface area contributed by atoms with Gasteiger partial charge in [-0.1, -0.05) is 116 Å². The number of rotatable bonds is 3. The van der Waals surface area contributed by atoms with Crippen molar-refractivity contribution < 1.29 is 0 Å². The van der Waals surface area contributed by atoms with Gasteiger partial charge >= 0.3 is 0 Å². The number of hydrogen-bond donors (Lipinski definition) is 0. The monoisotopic (exact) mass is 624 g/mol. The topological polar surface area (TPSA) is 6.48 Å². The molecule has 6 aromatic rings. The molecule has 0 bridgehead atoms. The minimum Gasteiger partial charge on any atom is -0.335 e. The van der Waals surface area contributed by atoms with Crippen LogP contribution in [0.2, 0.25) is 0 Å². The van der Waals surface area contributed by atoms with Crippen LogP contribution in [-0.2, 0) is 5.41 Å². The molecule has 1 aliphatic carbocycles. The Morgan fingerprint density at radius 3 is 2.15 bits per heavy atom. The second kappa shape index (κ2) is 10.0. The summed E-state index contributed by atoms with van der Waals surface area (Å²) < 4.78 is 0. The van der Waals surface area contributed by atoms with Crippen LogP contribution in [0.3, 0.4) is 0 Å². The van der Waals surface area contributed by atoms with Crippen molar-refractivity contribution in [2.75, 3.05) is 9.80 Å². The number of para-hydroxylation sites is 3. The van der Waals surface area contributed by atoms with Gasteiger partial charge in [0.15, 0.2) is 0 Å². The predicted octanol–water partition coefficient (Wildman–Crippen LogP) is 9.74. The summed E-state index contributed by atoms with van der Waals surface area (Å²) in [5, 5.41) is 2.58. The molecule has 1 fully saturated rings. The first-order chi connectivity index (χ1) is 23.0. The van der Waals surface area contributed by atoms with E-state index in [4.69, 9.17) is 0 Å². The molecule has 0 spiro atoms. The highest BCUT2D eigenvalue weighted by Gasteiger charge is 2.60. The van der Waals surface area contributed by atoms with Gasteiger partial charge in [0, 0.05) is 43.6 Å². The van der Waals surface area contributed by atoms with Crippen LogP contribution in [-0.4, -0.2) is 12.3 Å². The normalized spacial score (nSPS) is 21.8. The van der Waals surface area contributed by atoms with Crippen molar-refractivity contribution in [3.8, 4) is 0 Å². The number of benzene rings is 6. The van der Waals surface area contributed by atoms with Gasteiger partial charge in [-0.2, -0.15) is 0 Å². The molecule has 3 aliphatic heterocycles. The van der Waals surface area contributed by atoms with Gasteiger partial charge in [-0.05, 0) is 102 Å². The summed E-state index contributed by atoms with van der Waals surface area (Å²) in [7, 11) is 0. The molecule has 1 saturated carbocycles. The van der Waals surface area contributed by atoms with Crippen LogP contribution in [0.25, 0.3) is 10.8 Å². The first kappa shape index (κ1) is 27.7. The fourth-order valence-electron chi connectivity index (χ4n) is 9.62. The molecule has 4 aliphatic rings. The van der Waals surface area contributed by atoms with E-state index in [0.717, 1.165) is 11.4 Å². The second-order valence-electron chi connectivity index (χ2n) is 14.4. The number of anilines is 5. The van der Waals surface area contributed by atoms with E-state index >= 15 is 0 Å². The molecule has 0 amide bonds. The van der Waals surface area contributed by atoms with Crippen LogP contribution in [0.5, 0.6) is 0 Å². The standard InChI is InChI=1S/C43H37BN2S/c1-42-24-10-5-11-25-43(42,2)46-37-20-13-21-38-40(37)44(35-19-12-18-34(42)41(35)46)36-27-29-22-23-33(26-30(29)28-39(36)47-38)45(31-14-6-3-7-15-31)32-16-8-4-9-17-32/h3-4,6-9,12-23,26-28H,5,10-11,24-25H2,1-2H3. The van der Waals surface area contributed by atoms with Crippen molar-refractivity contribution in [1.29, 1.82) is 0 Å². The van der Waals surface area contributed by atoms with Gasteiger partial charge in [-0.25, -0.2) is 0 Å². The van der Waals surface area contributed by atoms with Gasteiger partial charge in [-0.3, -0.25) is 0 Å². The van der Waals surface area contributed by atoms with Gasteiger partial charge in [0.2, 0.25) is 6.71 Å². The van der Waals surface area contributed by atoms with Crippen LogP contribution in [0, 0.1) is 0 Å². The van der Waals surface area contributed by atoms with E-state index < -0.39 is 0 Å². The average molecular weight is 625 g/mol. The lowest BCUT2D eigenvalue weighted by atomic mass is 9.34. The molecule has 47 heavy (non-hydrogen) atoms. The van der Waals surface area contributed by atoms with Crippen LogP contribution in [0.4, 0.5) is 28.4 Å². The summed E-state index contributed by atoms with van der Waals surface area (Å²) in [6.07, 6.45) is 6.47. The SMILES string of the molecule is CC12CCCCCC1(C)N1c3cccc4c3B(c3cc5ccc(N(c6ccccc6)c6ccccc6)cc5cc3S4)c3cccc2c31. The molecule has 2 atom stereocenters. The molecule has 0 N–H and O–H groups in total. The number of hydrogen-bond acceptors (Lipinski definition) is 3. The Morgan fingerprint density at radius 1 is 0.617 bits per heavy atom. The van der Waals surface area contributed by atoms with Gasteiger partial charge in [0.05, 0.1) is 5.54 Å². The van der Waals surface area contributed by atoms with Crippen LogP contribution in [0.1, 0.15) is 51.5 Å².